The molecule has 4 aromatic rings. The molecule has 0 aliphatic carbocycles. The molecule has 1 amide bonds. The van der Waals surface area contributed by atoms with Gasteiger partial charge in [-0.3, -0.25) is 14.6 Å². The van der Waals surface area contributed by atoms with E-state index in [0.29, 0.717) is 29.4 Å². The zero-order chi connectivity index (χ0) is 31.7. The van der Waals surface area contributed by atoms with Gasteiger partial charge in [0.1, 0.15) is 17.2 Å². The van der Waals surface area contributed by atoms with Gasteiger partial charge in [-0.1, -0.05) is 51.5 Å². The molecule has 2 aromatic carbocycles. The molecule has 0 fully saturated rings. The maximum absolute atomic E-state index is 12.0. The highest BCUT2D eigenvalue weighted by atomic mass is 35.5. The molecule has 13 heteroatoms. The number of carbonyl (C=O) groups is 1. The quantitative estimate of drug-likeness (QED) is 0.0994. The molecule has 0 aliphatic rings. The number of hydrogen-bond donors (Lipinski definition) is 5. The van der Waals surface area contributed by atoms with Gasteiger partial charge in [0.05, 0.1) is 17.6 Å². The Hall–Kier alpha value is -3.37. The number of nitrogens with two attached hydrogens (primary N) is 1. The number of carbonyl (C=O) groups excluding carboxylic acids is 1. The molecule has 0 aliphatic heterocycles. The summed E-state index contributed by atoms with van der Waals surface area (Å²) in [7, 11) is -4.88. The molecule has 4 rings (SSSR count). The normalized spacial score (nSPS) is 12.7. The molecule has 0 spiro atoms. The van der Waals surface area contributed by atoms with E-state index in [1.807, 2.05) is 36.6 Å². The number of phosphoric acid groups is 1. The lowest BCUT2D eigenvalue weighted by Gasteiger charge is -2.36. The van der Waals surface area contributed by atoms with E-state index < -0.39 is 13.4 Å². The van der Waals surface area contributed by atoms with Crippen molar-refractivity contribution in [3.8, 4) is 11.5 Å². The number of pyridine rings is 1. The van der Waals surface area contributed by atoms with Gasteiger partial charge in [-0.2, -0.15) is 0 Å². The van der Waals surface area contributed by atoms with Crippen molar-refractivity contribution in [2.45, 2.75) is 77.8 Å². The number of aromatic nitrogens is 3. The molecular formula is C30H39ClN5O6P. The highest BCUT2D eigenvalue weighted by Crippen LogP contribution is 2.43. The maximum Gasteiger partial charge on any atom is 0.524 e. The monoisotopic (exact) mass is 631 g/mol. The number of amides is 1. The largest absolute Gasteiger partial charge is 0.524 e. The number of para-hydroxylation sites is 1. The summed E-state index contributed by atoms with van der Waals surface area (Å²) in [6, 6.07) is 10.5. The zero-order valence-corrected chi connectivity index (χ0v) is 26.7. The van der Waals surface area contributed by atoms with Crippen LogP contribution in [-0.4, -0.2) is 46.8 Å². The van der Waals surface area contributed by atoms with Gasteiger partial charge < -0.3 is 25.2 Å². The van der Waals surface area contributed by atoms with Crippen molar-refractivity contribution in [1.29, 1.82) is 0 Å². The Kier molecular flexibility index (Phi) is 9.32. The SMILES string of the molecule is CCCCc1nc2c(N)nc3cc(C(C)(C)CC(C)(C)NC(=O)CCl)ccc3c2n1Cc1cccc(OP(=O)(O)O)c1O. The first-order valence-corrected chi connectivity index (χ1v) is 16.1. The van der Waals surface area contributed by atoms with Crippen molar-refractivity contribution in [2.75, 3.05) is 11.6 Å². The summed E-state index contributed by atoms with van der Waals surface area (Å²) < 4.78 is 18.1. The van der Waals surface area contributed by atoms with Crippen LogP contribution in [0.3, 0.4) is 0 Å². The van der Waals surface area contributed by atoms with Crippen LogP contribution in [0, 0.1) is 0 Å². The van der Waals surface area contributed by atoms with Gasteiger partial charge in [0.2, 0.25) is 5.91 Å². The first kappa shape index (κ1) is 32.5. The molecule has 0 atom stereocenters. The number of halogens is 1. The molecular weight excluding hydrogens is 593 g/mol. The number of unbranched alkanes of at least 4 members (excludes halogenated alkanes) is 1. The molecule has 11 nitrogen and oxygen atoms in total. The summed E-state index contributed by atoms with van der Waals surface area (Å²) >= 11 is 5.72. The highest BCUT2D eigenvalue weighted by molar-refractivity contribution is 7.46. The van der Waals surface area contributed by atoms with Gasteiger partial charge in [0.15, 0.2) is 17.3 Å². The van der Waals surface area contributed by atoms with Crippen molar-refractivity contribution in [3.05, 3.63) is 53.3 Å². The summed E-state index contributed by atoms with van der Waals surface area (Å²) in [6.45, 7) is 10.4. The van der Waals surface area contributed by atoms with Crippen molar-refractivity contribution in [2.24, 2.45) is 0 Å². The smallest absolute Gasteiger partial charge is 0.504 e. The Morgan fingerprint density at radius 1 is 1.16 bits per heavy atom. The predicted octanol–water partition coefficient (Wildman–Crippen LogP) is 5.54. The molecule has 2 aromatic heterocycles. The molecule has 2 heterocycles. The fraction of sp³-hybridized carbons (Fsp3) is 0.433. The number of anilines is 1. The molecule has 43 heavy (non-hydrogen) atoms. The van der Waals surface area contributed by atoms with Crippen molar-refractivity contribution >= 4 is 53.1 Å². The first-order chi connectivity index (χ1) is 20.0. The van der Waals surface area contributed by atoms with Gasteiger partial charge >= 0.3 is 7.82 Å². The second-order valence-electron chi connectivity index (χ2n) is 12.1. The molecule has 6 N–H and O–H groups in total. The van der Waals surface area contributed by atoms with E-state index in [2.05, 4.69) is 26.1 Å². The lowest BCUT2D eigenvalue weighted by atomic mass is 9.75. The Bertz CT molecular complexity index is 1710. The number of nitrogens with zero attached hydrogens (tertiary/aromatic N) is 3. The van der Waals surface area contributed by atoms with Gasteiger partial charge in [-0.25, -0.2) is 14.5 Å². The number of benzene rings is 2. The number of imidazole rings is 1. The zero-order valence-electron chi connectivity index (χ0n) is 25.0. The summed E-state index contributed by atoms with van der Waals surface area (Å²) in [6.07, 6.45) is 3.10. The number of phenolic OH excluding ortho intramolecular Hbond substituents is 1. The van der Waals surface area contributed by atoms with Gasteiger partial charge in [0.25, 0.3) is 0 Å². The number of phosphoric ester groups is 1. The van der Waals surface area contributed by atoms with Crippen LogP contribution in [0.15, 0.2) is 36.4 Å². The van der Waals surface area contributed by atoms with E-state index in [-0.39, 0.29) is 41.1 Å². The lowest BCUT2D eigenvalue weighted by molar-refractivity contribution is -0.120. The standard InChI is InChI=1S/C30H39ClN5O6P/c1-6-7-11-23-34-25-26(36(23)16-18-9-8-10-22(27(18)38)42-43(39,40)41)20-13-12-19(14-21(20)33-28(25)32)29(2,3)17-30(4,5)35-24(37)15-31/h8-10,12-14,38H,6-7,11,15-17H2,1-5H3,(H2,32,33)(H,35,37)(H2,39,40,41). The molecule has 0 bridgehead atoms. The van der Waals surface area contributed by atoms with E-state index in [4.69, 9.17) is 31.8 Å². The molecule has 232 valence electrons. The highest BCUT2D eigenvalue weighted by Gasteiger charge is 2.32. The third kappa shape index (κ3) is 7.41. The average molecular weight is 632 g/mol. The Labute approximate surface area is 255 Å². The van der Waals surface area contributed by atoms with Crippen LogP contribution in [0.5, 0.6) is 11.5 Å². The first-order valence-electron chi connectivity index (χ1n) is 14.1. The number of hydrogen-bond acceptors (Lipinski definition) is 7. The lowest BCUT2D eigenvalue weighted by Crippen LogP contribution is -2.47. The summed E-state index contributed by atoms with van der Waals surface area (Å²) in [4.78, 5) is 40.1. The molecule has 0 unspecified atom stereocenters. The number of rotatable bonds is 12. The fourth-order valence-electron chi connectivity index (χ4n) is 5.80. The van der Waals surface area contributed by atoms with E-state index >= 15 is 0 Å². The van der Waals surface area contributed by atoms with E-state index in [1.54, 1.807) is 12.1 Å². The summed E-state index contributed by atoms with van der Waals surface area (Å²) in [5.74, 6) is 0.00829. The second kappa shape index (κ2) is 12.3. The minimum absolute atomic E-state index is 0.105. The van der Waals surface area contributed by atoms with Crippen LogP contribution >= 0.6 is 19.4 Å². The third-order valence-electron chi connectivity index (χ3n) is 7.43. The molecule has 0 saturated carbocycles. The van der Waals surface area contributed by atoms with Crippen LogP contribution < -0.4 is 15.6 Å². The van der Waals surface area contributed by atoms with E-state index in [9.17, 15) is 24.3 Å². The molecule has 0 radical (unpaired) electrons. The van der Waals surface area contributed by atoms with Crippen LogP contribution in [0.4, 0.5) is 5.82 Å². The van der Waals surface area contributed by atoms with Crippen LogP contribution in [0.1, 0.15) is 70.8 Å². The summed E-state index contributed by atoms with van der Waals surface area (Å²) in [5.41, 5.74) is 8.98. The topological polar surface area (TPSA) is 173 Å². The van der Waals surface area contributed by atoms with E-state index in [0.717, 1.165) is 35.1 Å². The van der Waals surface area contributed by atoms with Crippen LogP contribution in [0.2, 0.25) is 0 Å². The number of nitrogen functional groups attached to an aromatic ring is 1. The minimum atomic E-state index is -4.88. The Balaban J connectivity index is 1.84. The van der Waals surface area contributed by atoms with Gasteiger partial charge in [0, 0.05) is 22.9 Å². The fourth-order valence-corrected chi connectivity index (χ4v) is 6.27. The van der Waals surface area contributed by atoms with Gasteiger partial charge in [-0.05, 0) is 49.8 Å². The van der Waals surface area contributed by atoms with Gasteiger partial charge in [-0.15, -0.1) is 11.6 Å². The second-order valence-corrected chi connectivity index (χ2v) is 13.5. The number of aryl methyl sites for hydroxylation is 1. The van der Waals surface area contributed by atoms with E-state index in [1.165, 1.54) is 6.07 Å². The van der Waals surface area contributed by atoms with Crippen molar-refractivity contribution in [3.63, 3.8) is 0 Å². The number of alkyl halides is 1. The van der Waals surface area contributed by atoms with Crippen molar-refractivity contribution < 1.29 is 28.8 Å². The third-order valence-corrected chi connectivity index (χ3v) is 8.11. The number of nitrogens with one attached hydrogen (secondary N) is 1. The number of aromatic hydroxyl groups is 1. The molecule has 0 saturated heterocycles. The predicted molar refractivity (Wildman–Crippen MR) is 169 cm³/mol. The van der Waals surface area contributed by atoms with Crippen LogP contribution in [-0.2, 0) is 27.7 Å². The van der Waals surface area contributed by atoms with Crippen molar-refractivity contribution in [1.82, 2.24) is 19.9 Å². The number of fused-ring (bicyclic) bond motifs is 3. The average Bonchev–Trinajstić information content (AvgIpc) is 3.26. The Morgan fingerprint density at radius 3 is 2.53 bits per heavy atom. The number of phenols is 1. The Morgan fingerprint density at radius 2 is 1.88 bits per heavy atom. The maximum atomic E-state index is 12.0. The minimum Gasteiger partial charge on any atom is -0.504 e. The summed E-state index contributed by atoms with van der Waals surface area (Å²) in [5, 5.41) is 14.7. The van der Waals surface area contributed by atoms with Crippen LogP contribution in [0.25, 0.3) is 21.9 Å².